The van der Waals surface area contributed by atoms with Crippen LogP contribution in [0.25, 0.3) is 22.6 Å². The molecule has 1 amide bonds. The molecule has 4 aromatic rings. The van der Waals surface area contributed by atoms with Crippen molar-refractivity contribution in [3.63, 3.8) is 0 Å². The van der Waals surface area contributed by atoms with Crippen LogP contribution in [-0.2, 0) is 4.79 Å². The molecule has 0 aliphatic rings. The van der Waals surface area contributed by atoms with Crippen molar-refractivity contribution in [2.24, 2.45) is 0 Å². The zero-order chi connectivity index (χ0) is 20.1. The van der Waals surface area contributed by atoms with Crippen LogP contribution in [0, 0.1) is 0 Å². The van der Waals surface area contributed by atoms with E-state index in [1.807, 2.05) is 66.7 Å². The number of aromatic nitrogens is 4. The van der Waals surface area contributed by atoms with E-state index in [1.54, 1.807) is 12.3 Å². The van der Waals surface area contributed by atoms with Crippen molar-refractivity contribution in [2.45, 2.75) is 5.16 Å². The summed E-state index contributed by atoms with van der Waals surface area (Å²) in [6.07, 6.45) is 1.66. The van der Waals surface area contributed by atoms with Crippen LogP contribution < -0.4 is 11.2 Å². The van der Waals surface area contributed by atoms with Gasteiger partial charge in [0.05, 0.1) is 5.75 Å². The summed E-state index contributed by atoms with van der Waals surface area (Å²) in [5.41, 5.74) is 3.38. The van der Waals surface area contributed by atoms with Crippen LogP contribution in [0.4, 0.5) is 5.69 Å². The summed E-state index contributed by atoms with van der Waals surface area (Å²) in [5.74, 6) is 6.52. The highest BCUT2D eigenvalue weighted by Gasteiger charge is 2.15. The summed E-state index contributed by atoms with van der Waals surface area (Å²) in [6, 6.07) is 23.1. The standard InChI is InChI=1S/C21H18N6OS/c22-27-20(18-12-6-7-13-23-18)25-26-21(27)29-14-19(28)24-17-11-5-4-10-16(17)15-8-2-1-3-9-15/h1-13H,14,22H2,(H,24,28). The van der Waals surface area contributed by atoms with Crippen molar-refractivity contribution < 1.29 is 4.79 Å². The number of thioether (sulfide) groups is 1. The Morgan fingerprint density at radius 1 is 0.966 bits per heavy atom. The number of pyridine rings is 1. The Labute approximate surface area is 172 Å². The summed E-state index contributed by atoms with van der Waals surface area (Å²) >= 11 is 1.22. The van der Waals surface area contributed by atoms with Gasteiger partial charge in [0.2, 0.25) is 16.9 Å². The van der Waals surface area contributed by atoms with E-state index in [9.17, 15) is 4.79 Å². The van der Waals surface area contributed by atoms with Crippen LogP contribution in [0.1, 0.15) is 0 Å². The van der Waals surface area contributed by atoms with E-state index in [0.29, 0.717) is 16.7 Å². The fourth-order valence-electron chi connectivity index (χ4n) is 2.82. The summed E-state index contributed by atoms with van der Waals surface area (Å²) in [4.78, 5) is 16.7. The van der Waals surface area contributed by atoms with Gasteiger partial charge in [0.1, 0.15) is 5.69 Å². The lowest BCUT2D eigenvalue weighted by atomic mass is 10.0. The number of amides is 1. The Kier molecular flexibility index (Phi) is 5.53. The average molecular weight is 402 g/mol. The molecule has 0 aliphatic carbocycles. The maximum absolute atomic E-state index is 12.5. The smallest absolute Gasteiger partial charge is 0.234 e. The zero-order valence-electron chi connectivity index (χ0n) is 15.4. The molecule has 4 rings (SSSR count). The van der Waals surface area contributed by atoms with Gasteiger partial charge in [-0.15, -0.1) is 10.2 Å². The van der Waals surface area contributed by atoms with E-state index >= 15 is 0 Å². The number of para-hydroxylation sites is 1. The number of nitrogens with one attached hydrogen (secondary N) is 1. The van der Waals surface area contributed by atoms with Crippen LogP contribution in [0.15, 0.2) is 84.1 Å². The third kappa shape index (κ3) is 4.27. The number of hydrogen-bond acceptors (Lipinski definition) is 6. The maximum Gasteiger partial charge on any atom is 0.234 e. The first-order valence-electron chi connectivity index (χ1n) is 8.91. The first kappa shape index (κ1) is 18.7. The van der Waals surface area contributed by atoms with E-state index < -0.39 is 0 Å². The molecule has 0 spiro atoms. The van der Waals surface area contributed by atoms with Crippen molar-refractivity contribution in [1.82, 2.24) is 19.9 Å². The Morgan fingerprint density at radius 3 is 2.52 bits per heavy atom. The van der Waals surface area contributed by atoms with Crippen LogP contribution in [-0.4, -0.2) is 31.5 Å². The second kappa shape index (κ2) is 8.57. The first-order valence-corrected chi connectivity index (χ1v) is 9.90. The number of carbonyl (C=O) groups excluding carboxylic acids is 1. The molecule has 8 heteroatoms. The largest absolute Gasteiger partial charge is 0.335 e. The number of nitrogens with zero attached hydrogens (tertiary/aromatic N) is 4. The minimum Gasteiger partial charge on any atom is -0.335 e. The highest BCUT2D eigenvalue weighted by Crippen LogP contribution is 2.28. The minimum atomic E-state index is -0.152. The van der Waals surface area contributed by atoms with Gasteiger partial charge < -0.3 is 11.2 Å². The molecule has 2 aromatic heterocycles. The van der Waals surface area contributed by atoms with Gasteiger partial charge in [0, 0.05) is 17.4 Å². The third-order valence-corrected chi connectivity index (χ3v) is 5.12. The molecule has 0 radical (unpaired) electrons. The van der Waals surface area contributed by atoms with Gasteiger partial charge in [-0.25, -0.2) is 4.68 Å². The Morgan fingerprint density at radius 2 is 1.72 bits per heavy atom. The molecule has 3 N–H and O–H groups in total. The van der Waals surface area contributed by atoms with Gasteiger partial charge in [-0.05, 0) is 23.8 Å². The molecule has 2 heterocycles. The second-order valence-electron chi connectivity index (χ2n) is 6.14. The molecular weight excluding hydrogens is 384 g/mol. The Balaban J connectivity index is 1.44. The predicted molar refractivity (Wildman–Crippen MR) is 115 cm³/mol. The molecule has 0 atom stereocenters. The van der Waals surface area contributed by atoms with Crippen LogP contribution in [0.3, 0.4) is 0 Å². The second-order valence-corrected chi connectivity index (χ2v) is 7.08. The molecule has 0 bridgehead atoms. The molecule has 2 aromatic carbocycles. The number of benzene rings is 2. The van der Waals surface area contributed by atoms with Crippen LogP contribution >= 0.6 is 11.8 Å². The van der Waals surface area contributed by atoms with E-state index in [-0.39, 0.29) is 11.7 Å². The van der Waals surface area contributed by atoms with Gasteiger partial charge in [0.15, 0.2) is 0 Å². The number of rotatable bonds is 6. The Hall–Kier alpha value is -3.65. The maximum atomic E-state index is 12.5. The molecule has 29 heavy (non-hydrogen) atoms. The first-order chi connectivity index (χ1) is 14.2. The zero-order valence-corrected chi connectivity index (χ0v) is 16.2. The summed E-state index contributed by atoms with van der Waals surface area (Å²) in [7, 11) is 0. The van der Waals surface area contributed by atoms with E-state index in [0.717, 1.165) is 16.8 Å². The predicted octanol–water partition coefficient (Wildman–Crippen LogP) is 3.45. The number of anilines is 1. The molecule has 0 saturated heterocycles. The summed E-state index contributed by atoms with van der Waals surface area (Å²) in [5, 5.41) is 11.6. The van der Waals surface area contributed by atoms with Crippen molar-refractivity contribution in [1.29, 1.82) is 0 Å². The lowest BCUT2D eigenvalue weighted by Gasteiger charge is -2.11. The lowest BCUT2D eigenvalue weighted by molar-refractivity contribution is -0.113. The third-order valence-electron chi connectivity index (χ3n) is 4.18. The Bertz CT molecular complexity index is 1110. The van der Waals surface area contributed by atoms with Crippen molar-refractivity contribution >= 4 is 23.4 Å². The topological polar surface area (TPSA) is 98.7 Å². The van der Waals surface area contributed by atoms with Gasteiger partial charge in [-0.2, -0.15) is 0 Å². The highest BCUT2D eigenvalue weighted by atomic mass is 32.2. The number of carbonyl (C=O) groups is 1. The summed E-state index contributed by atoms with van der Waals surface area (Å²) in [6.45, 7) is 0. The molecule has 0 saturated carbocycles. The molecule has 7 nitrogen and oxygen atoms in total. The molecule has 144 valence electrons. The molecule has 0 fully saturated rings. The molecule has 0 unspecified atom stereocenters. The quantitative estimate of drug-likeness (QED) is 0.379. The highest BCUT2D eigenvalue weighted by molar-refractivity contribution is 7.99. The van der Waals surface area contributed by atoms with Gasteiger partial charge in [0.25, 0.3) is 0 Å². The number of nitrogen functional groups attached to an aromatic ring is 1. The summed E-state index contributed by atoms with van der Waals surface area (Å²) < 4.78 is 1.35. The van der Waals surface area contributed by atoms with E-state index in [1.165, 1.54) is 16.4 Å². The van der Waals surface area contributed by atoms with Crippen molar-refractivity contribution in [3.05, 3.63) is 79.0 Å². The lowest BCUT2D eigenvalue weighted by Crippen LogP contribution is -2.17. The van der Waals surface area contributed by atoms with Crippen LogP contribution in [0.5, 0.6) is 0 Å². The van der Waals surface area contributed by atoms with Gasteiger partial charge >= 0.3 is 0 Å². The number of nitrogens with two attached hydrogens (primary N) is 1. The monoisotopic (exact) mass is 402 g/mol. The normalized spacial score (nSPS) is 10.6. The van der Waals surface area contributed by atoms with Crippen molar-refractivity contribution in [3.8, 4) is 22.6 Å². The fourth-order valence-corrected chi connectivity index (χ4v) is 3.48. The van der Waals surface area contributed by atoms with E-state index in [4.69, 9.17) is 5.84 Å². The van der Waals surface area contributed by atoms with Gasteiger partial charge in [-0.1, -0.05) is 66.4 Å². The van der Waals surface area contributed by atoms with Crippen LogP contribution in [0.2, 0.25) is 0 Å². The van der Waals surface area contributed by atoms with Gasteiger partial charge in [-0.3, -0.25) is 9.78 Å². The van der Waals surface area contributed by atoms with Crippen molar-refractivity contribution in [2.75, 3.05) is 16.9 Å². The molecular formula is C21H18N6OS. The average Bonchev–Trinajstić information content (AvgIpc) is 3.14. The minimum absolute atomic E-state index is 0.152. The van der Waals surface area contributed by atoms with E-state index in [2.05, 4.69) is 20.5 Å². The molecule has 0 aliphatic heterocycles. The SMILES string of the molecule is Nn1c(SCC(=O)Nc2ccccc2-c2ccccc2)nnc1-c1ccccn1. The fraction of sp³-hybridized carbons (Fsp3) is 0.0476. The number of hydrogen-bond donors (Lipinski definition) is 2.